The maximum absolute atomic E-state index is 12.3. The van der Waals surface area contributed by atoms with E-state index in [2.05, 4.69) is 30.9 Å². The van der Waals surface area contributed by atoms with Gasteiger partial charge in [-0.15, -0.1) is 0 Å². The van der Waals surface area contributed by atoms with Gasteiger partial charge in [0.05, 0.1) is 13.7 Å². The quantitative estimate of drug-likeness (QED) is 0.463. The van der Waals surface area contributed by atoms with Gasteiger partial charge in [-0.05, 0) is 96.6 Å². The number of methoxy groups -OCH3 is 1. The molecule has 0 aromatic heterocycles. The molecule has 3 aliphatic carbocycles. The summed E-state index contributed by atoms with van der Waals surface area (Å²) in [5.41, 5.74) is 4.19. The Labute approximate surface area is 226 Å². The van der Waals surface area contributed by atoms with Crippen LogP contribution in [0.25, 0.3) is 0 Å². The minimum Gasteiger partial charge on any atom is -0.497 e. The second-order valence-corrected chi connectivity index (χ2v) is 11.2. The van der Waals surface area contributed by atoms with Crippen molar-refractivity contribution in [3.63, 3.8) is 0 Å². The van der Waals surface area contributed by atoms with Crippen molar-refractivity contribution < 1.29 is 19.4 Å². The molecule has 38 heavy (non-hydrogen) atoms. The van der Waals surface area contributed by atoms with Gasteiger partial charge in [0.25, 0.3) is 0 Å². The highest BCUT2D eigenvalue weighted by molar-refractivity contribution is 5.93. The van der Waals surface area contributed by atoms with Gasteiger partial charge >= 0.3 is 0 Å². The van der Waals surface area contributed by atoms with E-state index in [0.717, 1.165) is 42.6 Å². The third kappa shape index (κ3) is 4.32. The summed E-state index contributed by atoms with van der Waals surface area (Å²) in [7, 11) is 1.67. The topological polar surface area (TPSA) is 55.8 Å². The number of carbonyl (C=O) groups is 1. The van der Waals surface area contributed by atoms with E-state index in [-0.39, 0.29) is 31.1 Å². The number of carbonyl (C=O) groups excluding carboxylic acids is 1. The van der Waals surface area contributed by atoms with E-state index in [9.17, 15) is 9.90 Å². The Morgan fingerprint density at radius 2 is 1.79 bits per heavy atom. The van der Waals surface area contributed by atoms with E-state index >= 15 is 0 Å². The maximum Gasteiger partial charge on any atom is 0.156 e. The molecule has 4 aliphatic rings. The molecule has 1 saturated carbocycles. The molecule has 2 aromatic carbocycles. The summed E-state index contributed by atoms with van der Waals surface area (Å²) in [6.07, 6.45) is 6.41. The van der Waals surface area contributed by atoms with Crippen LogP contribution in [0.2, 0.25) is 0 Å². The number of ether oxygens (including phenoxy) is 2. The second-order valence-electron chi connectivity index (χ2n) is 11.2. The summed E-state index contributed by atoms with van der Waals surface area (Å²) in [6, 6.07) is 18.0. The summed E-state index contributed by atoms with van der Waals surface area (Å²) < 4.78 is 12.2. The maximum atomic E-state index is 12.3. The highest BCUT2D eigenvalue weighted by Crippen LogP contribution is 2.61. The van der Waals surface area contributed by atoms with Crippen molar-refractivity contribution in [3.05, 3.63) is 88.5 Å². The molecule has 6 rings (SSSR count). The molecule has 1 saturated heterocycles. The number of hydrogen-bond donors (Lipinski definition) is 1. The summed E-state index contributed by atoms with van der Waals surface area (Å²) >= 11 is 0. The van der Waals surface area contributed by atoms with Crippen LogP contribution in [0.5, 0.6) is 5.75 Å². The molecule has 1 heterocycles. The molecular weight excluding hydrogens is 472 g/mol. The minimum atomic E-state index is -1.13. The second kappa shape index (κ2) is 10.2. The van der Waals surface area contributed by atoms with E-state index in [0.29, 0.717) is 19.4 Å². The molecule has 4 nitrogen and oxygen atoms in total. The lowest BCUT2D eigenvalue weighted by Crippen LogP contribution is -2.48. The highest BCUT2D eigenvalue weighted by atomic mass is 16.5. The van der Waals surface area contributed by atoms with Gasteiger partial charge in [0.1, 0.15) is 17.5 Å². The van der Waals surface area contributed by atoms with E-state index in [1.165, 1.54) is 16.7 Å². The molecule has 0 amide bonds. The van der Waals surface area contributed by atoms with Crippen molar-refractivity contribution in [2.75, 3.05) is 13.7 Å². The van der Waals surface area contributed by atoms with Crippen LogP contribution in [0.3, 0.4) is 0 Å². The van der Waals surface area contributed by atoms with Crippen LogP contribution in [-0.4, -0.2) is 30.2 Å². The number of fused-ring (bicyclic) bond motifs is 4. The van der Waals surface area contributed by atoms with Crippen molar-refractivity contribution in [3.8, 4) is 17.6 Å². The number of hydrogen-bond acceptors (Lipinski definition) is 4. The van der Waals surface area contributed by atoms with Crippen LogP contribution in [0, 0.1) is 29.1 Å². The smallest absolute Gasteiger partial charge is 0.156 e. The van der Waals surface area contributed by atoms with Gasteiger partial charge in [0, 0.05) is 17.4 Å². The number of ketones is 1. The van der Waals surface area contributed by atoms with Gasteiger partial charge < -0.3 is 14.6 Å². The fourth-order valence-corrected chi connectivity index (χ4v) is 7.23. The first-order valence-corrected chi connectivity index (χ1v) is 13.4. The van der Waals surface area contributed by atoms with Crippen LogP contribution in [0.1, 0.15) is 70.1 Å². The third-order valence-electron chi connectivity index (χ3n) is 9.32. The molecule has 2 aromatic rings. The van der Waals surface area contributed by atoms with E-state index in [1.54, 1.807) is 7.11 Å². The zero-order valence-electron chi connectivity index (χ0n) is 21.6. The number of rotatable bonds is 2. The van der Waals surface area contributed by atoms with Crippen LogP contribution in [0.15, 0.2) is 77.4 Å². The van der Waals surface area contributed by atoms with Gasteiger partial charge in [-0.1, -0.05) is 56.5 Å². The third-order valence-corrected chi connectivity index (χ3v) is 9.32. The molecule has 0 spiro atoms. The van der Waals surface area contributed by atoms with Crippen molar-refractivity contribution in [1.29, 1.82) is 0 Å². The molecule has 2 fully saturated rings. The van der Waals surface area contributed by atoms with Crippen molar-refractivity contribution in [2.45, 2.75) is 64.6 Å². The largest absolute Gasteiger partial charge is 0.497 e. The summed E-state index contributed by atoms with van der Waals surface area (Å²) in [6.45, 7) is 2.61. The zero-order valence-corrected chi connectivity index (χ0v) is 21.6. The lowest BCUT2D eigenvalue weighted by Gasteiger charge is -2.42. The Hall–Kier alpha value is -3.13. The molecule has 198 valence electrons. The van der Waals surface area contributed by atoms with E-state index in [1.807, 2.05) is 48.5 Å². The Kier molecular flexibility index (Phi) is 7.11. The first-order chi connectivity index (χ1) is 17.9. The highest BCUT2D eigenvalue weighted by Gasteiger charge is 2.61. The van der Waals surface area contributed by atoms with Crippen molar-refractivity contribution >= 4 is 5.78 Å². The Morgan fingerprint density at radius 3 is 2.53 bits per heavy atom. The molecule has 0 bridgehead atoms. The summed E-state index contributed by atoms with van der Waals surface area (Å²) in [4.78, 5) is 12.3. The molecule has 1 N–H and O–H groups in total. The Bertz CT molecular complexity index is 1330. The Morgan fingerprint density at radius 1 is 1.03 bits per heavy atom. The average Bonchev–Trinajstić information content (AvgIpc) is 3.10. The number of benzene rings is 2. The van der Waals surface area contributed by atoms with Gasteiger partial charge in [-0.3, -0.25) is 4.79 Å². The van der Waals surface area contributed by atoms with Crippen molar-refractivity contribution in [1.82, 2.24) is 0 Å². The fourth-order valence-electron chi connectivity index (χ4n) is 7.23. The monoisotopic (exact) mass is 510 g/mol. The lowest BCUT2D eigenvalue weighted by molar-refractivity contribution is -0.114. The van der Waals surface area contributed by atoms with Crippen molar-refractivity contribution in [2.24, 2.45) is 17.3 Å². The first-order valence-electron chi connectivity index (χ1n) is 13.4. The van der Waals surface area contributed by atoms with Crippen LogP contribution in [-0.2, 0) is 9.53 Å². The molecule has 1 aliphatic heterocycles. The fraction of sp³-hybridized carbons (Fsp3) is 0.441. The predicted octanol–water partition coefficient (Wildman–Crippen LogP) is 6.60. The standard InChI is InChI=1S/C33H34O4.CH4/c1-32-21-37-31(23-8-12-26(36-2)13-9-23)30-27-15-11-25(34)20-24(27)10-14-28(30)29(32)17-19-33(32,35)18-16-22-6-4-3-5-7-22;/h3-9,12-13,20,28-29,31,35H,10-11,14-15,17,19,21H2,1-2H3;1H4/t28?,29?,31?,32-,33-;/m0./s1. The Balaban J connectivity index is 0.00000294. The molecule has 0 radical (unpaired) electrons. The summed E-state index contributed by atoms with van der Waals surface area (Å²) in [5, 5.41) is 12.1. The minimum absolute atomic E-state index is 0. The average molecular weight is 511 g/mol. The molecule has 3 unspecified atom stereocenters. The molecule has 4 heteroatoms. The first kappa shape index (κ1) is 26.5. The van der Waals surface area contributed by atoms with Crippen LogP contribution < -0.4 is 4.74 Å². The van der Waals surface area contributed by atoms with Crippen LogP contribution >= 0.6 is 0 Å². The number of allylic oxidation sites excluding steroid dienone is 3. The van der Waals surface area contributed by atoms with Gasteiger partial charge in [0.15, 0.2) is 5.78 Å². The summed E-state index contributed by atoms with van der Waals surface area (Å²) in [5.74, 6) is 8.14. The van der Waals surface area contributed by atoms with Gasteiger partial charge in [-0.2, -0.15) is 0 Å². The zero-order chi connectivity index (χ0) is 25.6. The van der Waals surface area contributed by atoms with E-state index in [4.69, 9.17) is 9.47 Å². The van der Waals surface area contributed by atoms with Gasteiger partial charge in [-0.25, -0.2) is 0 Å². The SMILES string of the molecule is C.COc1ccc(C2OC[C@@]3(C)C(CC[C@@]3(O)C#Cc3ccccc3)C3CCC4=CC(=O)CCC4=C23)cc1. The molecular formula is C34H38O4. The number of aliphatic hydroxyl groups is 1. The normalized spacial score (nSPS) is 31.9. The molecule has 5 atom stereocenters. The van der Waals surface area contributed by atoms with Gasteiger partial charge in [0.2, 0.25) is 0 Å². The predicted molar refractivity (Wildman–Crippen MR) is 150 cm³/mol. The van der Waals surface area contributed by atoms with E-state index < -0.39 is 11.0 Å². The van der Waals surface area contributed by atoms with Crippen LogP contribution in [0.4, 0.5) is 0 Å². The lowest BCUT2D eigenvalue weighted by atomic mass is 9.61.